The number of hydrogen-bond donors (Lipinski definition) is 2. The first-order valence-electron chi connectivity index (χ1n) is 5.35. The van der Waals surface area contributed by atoms with E-state index in [9.17, 15) is 4.79 Å². The van der Waals surface area contributed by atoms with Gasteiger partial charge in [-0.15, -0.1) is 0 Å². The fourth-order valence-electron chi connectivity index (χ4n) is 1.39. The summed E-state index contributed by atoms with van der Waals surface area (Å²) in [5, 5.41) is 5.63. The van der Waals surface area contributed by atoms with Crippen LogP contribution < -0.4 is 15.4 Å². The Balaban J connectivity index is 2.71. The van der Waals surface area contributed by atoms with Crippen LogP contribution in [0.15, 0.2) is 18.2 Å². The van der Waals surface area contributed by atoms with E-state index in [4.69, 9.17) is 4.74 Å². The van der Waals surface area contributed by atoms with Crippen molar-refractivity contribution in [1.82, 2.24) is 5.32 Å². The number of anilines is 1. The lowest BCUT2D eigenvalue weighted by molar-refractivity contribution is -0.115. The van der Waals surface area contributed by atoms with Gasteiger partial charge in [0.2, 0.25) is 5.91 Å². The molecule has 0 fully saturated rings. The van der Waals surface area contributed by atoms with E-state index in [0.29, 0.717) is 13.2 Å². The van der Waals surface area contributed by atoms with Gasteiger partial charge in [0, 0.05) is 5.69 Å². The van der Waals surface area contributed by atoms with E-state index in [-0.39, 0.29) is 5.91 Å². The number of ether oxygens (including phenoxy) is 1. The van der Waals surface area contributed by atoms with Gasteiger partial charge in [-0.25, -0.2) is 0 Å². The summed E-state index contributed by atoms with van der Waals surface area (Å²) in [6, 6.07) is 5.62. The first-order valence-corrected chi connectivity index (χ1v) is 5.35. The molecule has 0 aliphatic heterocycles. The second-order valence-electron chi connectivity index (χ2n) is 3.49. The van der Waals surface area contributed by atoms with Crippen LogP contribution in [0.1, 0.15) is 12.5 Å². The van der Waals surface area contributed by atoms with Gasteiger partial charge in [0.05, 0.1) is 13.2 Å². The molecule has 0 aromatic heterocycles. The van der Waals surface area contributed by atoms with Crippen LogP contribution >= 0.6 is 0 Å². The minimum Gasteiger partial charge on any atom is -0.494 e. The molecule has 16 heavy (non-hydrogen) atoms. The van der Waals surface area contributed by atoms with Gasteiger partial charge in [-0.05, 0) is 44.7 Å². The maximum absolute atomic E-state index is 11.4. The minimum atomic E-state index is -0.0465. The second kappa shape index (κ2) is 6.12. The van der Waals surface area contributed by atoms with Gasteiger partial charge in [0.1, 0.15) is 5.75 Å². The van der Waals surface area contributed by atoms with Crippen molar-refractivity contribution in [2.24, 2.45) is 0 Å². The SMILES string of the molecule is CCOc1ccc(NC(=O)CNC)c(C)c1. The lowest BCUT2D eigenvalue weighted by atomic mass is 10.2. The van der Waals surface area contributed by atoms with Crippen LogP contribution in [0.3, 0.4) is 0 Å². The van der Waals surface area contributed by atoms with Crippen LogP contribution in [-0.4, -0.2) is 26.1 Å². The fourth-order valence-corrected chi connectivity index (χ4v) is 1.39. The molecule has 0 unspecified atom stereocenters. The number of carbonyl (C=O) groups is 1. The average Bonchev–Trinajstić information content (AvgIpc) is 2.23. The molecule has 4 nitrogen and oxygen atoms in total. The highest BCUT2D eigenvalue weighted by Crippen LogP contribution is 2.21. The van der Waals surface area contributed by atoms with Crippen LogP contribution in [0, 0.1) is 6.92 Å². The molecule has 0 spiro atoms. The van der Waals surface area contributed by atoms with Gasteiger partial charge < -0.3 is 15.4 Å². The monoisotopic (exact) mass is 222 g/mol. The molecule has 0 aliphatic carbocycles. The van der Waals surface area contributed by atoms with E-state index < -0.39 is 0 Å². The summed E-state index contributed by atoms with van der Waals surface area (Å²) in [7, 11) is 1.74. The molecule has 0 saturated carbocycles. The summed E-state index contributed by atoms with van der Waals surface area (Å²) in [4.78, 5) is 11.4. The molecule has 0 radical (unpaired) electrons. The first-order chi connectivity index (χ1) is 7.67. The maximum Gasteiger partial charge on any atom is 0.238 e. The molecule has 2 N–H and O–H groups in total. The molecule has 0 bridgehead atoms. The number of nitrogens with one attached hydrogen (secondary N) is 2. The van der Waals surface area contributed by atoms with Crippen molar-refractivity contribution in [2.45, 2.75) is 13.8 Å². The lowest BCUT2D eigenvalue weighted by Gasteiger charge is -2.10. The van der Waals surface area contributed by atoms with Crippen LogP contribution in [0.25, 0.3) is 0 Å². The van der Waals surface area contributed by atoms with Crippen molar-refractivity contribution < 1.29 is 9.53 Å². The van der Waals surface area contributed by atoms with E-state index >= 15 is 0 Å². The average molecular weight is 222 g/mol. The molecule has 1 amide bonds. The van der Waals surface area contributed by atoms with E-state index in [1.807, 2.05) is 32.0 Å². The van der Waals surface area contributed by atoms with Crippen LogP contribution in [0.2, 0.25) is 0 Å². The topological polar surface area (TPSA) is 50.4 Å². The van der Waals surface area contributed by atoms with Crippen LogP contribution in [0.4, 0.5) is 5.69 Å². The Labute approximate surface area is 96.0 Å². The van der Waals surface area contributed by atoms with Crippen molar-refractivity contribution in [3.8, 4) is 5.75 Å². The summed E-state index contributed by atoms with van der Waals surface area (Å²) in [5.41, 5.74) is 1.82. The largest absolute Gasteiger partial charge is 0.494 e. The highest BCUT2D eigenvalue weighted by atomic mass is 16.5. The zero-order valence-electron chi connectivity index (χ0n) is 9.96. The first kappa shape index (κ1) is 12.5. The standard InChI is InChI=1S/C12H18N2O2/c1-4-16-10-5-6-11(9(2)7-10)14-12(15)8-13-3/h5-7,13H,4,8H2,1-3H3,(H,14,15). The number of carbonyl (C=O) groups excluding carboxylic acids is 1. The molecule has 1 aromatic rings. The Morgan fingerprint density at radius 2 is 2.19 bits per heavy atom. The molecule has 4 heteroatoms. The van der Waals surface area contributed by atoms with Crippen molar-refractivity contribution >= 4 is 11.6 Å². The maximum atomic E-state index is 11.4. The number of benzene rings is 1. The van der Waals surface area contributed by atoms with Gasteiger partial charge in [-0.1, -0.05) is 0 Å². The van der Waals surface area contributed by atoms with Crippen molar-refractivity contribution in [3.05, 3.63) is 23.8 Å². The molecule has 0 aliphatic rings. The molecule has 1 aromatic carbocycles. The molecule has 0 saturated heterocycles. The van der Waals surface area contributed by atoms with E-state index in [1.165, 1.54) is 0 Å². The lowest BCUT2D eigenvalue weighted by Crippen LogP contribution is -2.25. The third-order valence-electron chi connectivity index (χ3n) is 2.12. The predicted molar refractivity (Wildman–Crippen MR) is 64.9 cm³/mol. The number of aryl methyl sites for hydroxylation is 1. The zero-order chi connectivity index (χ0) is 12.0. The Bertz CT molecular complexity index is 364. The zero-order valence-corrected chi connectivity index (χ0v) is 9.96. The van der Waals surface area contributed by atoms with E-state index in [0.717, 1.165) is 17.0 Å². The molecule has 88 valence electrons. The number of likely N-dealkylation sites (N-methyl/N-ethyl adjacent to an activating group) is 1. The summed E-state index contributed by atoms with van der Waals surface area (Å²) < 4.78 is 5.37. The minimum absolute atomic E-state index is 0.0465. The Morgan fingerprint density at radius 1 is 1.44 bits per heavy atom. The van der Waals surface area contributed by atoms with Gasteiger partial charge in [0.25, 0.3) is 0 Å². The smallest absolute Gasteiger partial charge is 0.238 e. The highest BCUT2D eigenvalue weighted by molar-refractivity contribution is 5.93. The summed E-state index contributed by atoms with van der Waals surface area (Å²) in [6.45, 7) is 4.84. The van der Waals surface area contributed by atoms with Crippen molar-refractivity contribution in [1.29, 1.82) is 0 Å². The summed E-state index contributed by atoms with van der Waals surface area (Å²) in [6.07, 6.45) is 0. The Hall–Kier alpha value is -1.55. The fraction of sp³-hybridized carbons (Fsp3) is 0.417. The van der Waals surface area contributed by atoms with Crippen LogP contribution in [-0.2, 0) is 4.79 Å². The highest BCUT2D eigenvalue weighted by Gasteiger charge is 2.04. The number of amides is 1. The third-order valence-corrected chi connectivity index (χ3v) is 2.12. The quantitative estimate of drug-likeness (QED) is 0.794. The van der Waals surface area contributed by atoms with Gasteiger partial charge >= 0.3 is 0 Å². The Kier molecular flexibility index (Phi) is 4.79. The number of rotatable bonds is 5. The summed E-state index contributed by atoms with van der Waals surface area (Å²) >= 11 is 0. The second-order valence-corrected chi connectivity index (χ2v) is 3.49. The van der Waals surface area contributed by atoms with Crippen LogP contribution in [0.5, 0.6) is 5.75 Å². The summed E-state index contributed by atoms with van der Waals surface area (Å²) in [5.74, 6) is 0.779. The molecule has 0 atom stereocenters. The van der Waals surface area contributed by atoms with Gasteiger partial charge in [-0.2, -0.15) is 0 Å². The Morgan fingerprint density at radius 3 is 2.75 bits per heavy atom. The van der Waals surface area contributed by atoms with Gasteiger partial charge in [-0.3, -0.25) is 4.79 Å². The predicted octanol–water partition coefficient (Wildman–Crippen LogP) is 1.55. The van der Waals surface area contributed by atoms with E-state index in [1.54, 1.807) is 7.05 Å². The normalized spacial score (nSPS) is 9.94. The van der Waals surface area contributed by atoms with Crippen molar-refractivity contribution in [3.63, 3.8) is 0 Å². The van der Waals surface area contributed by atoms with E-state index in [2.05, 4.69) is 10.6 Å². The number of hydrogen-bond acceptors (Lipinski definition) is 3. The molecular formula is C12H18N2O2. The molecule has 1 rings (SSSR count). The third kappa shape index (κ3) is 3.55. The molecular weight excluding hydrogens is 204 g/mol. The molecule has 0 heterocycles. The van der Waals surface area contributed by atoms with Crippen molar-refractivity contribution in [2.75, 3.05) is 25.5 Å². The van der Waals surface area contributed by atoms with Gasteiger partial charge in [0.15, 0.2) is 0 Å².